The molecule has 17 heavy (non-hydrogen) atoms. The molecule has 0 amide bonds. The predicted molar refractivity (Wildman–Crippen MR) is 77.2 cm³/mol. The average Bonchev–Trinajstić information content (AvgIpc) is 2.41. The van der Waals surface area contributed by atoms with Crippen LogP contribution in [0, 0.1) is 0 Å². The molecule has 0 aromatic rings. The van der Waals surface area contributed by atoms with E-state index in [1.54, 1.807) is 0 Å². The summed E-state index contributed by atoms with van der Waals surface area (Å²) in [5, 5.41) is 0. The van der Waals surface area contributed by atoms with Crippen molar-refractivity contribution in [2.24, 2.45) is 0 Å². The Balaban J connectivity index is 2.42. The van der Waals surface area contributed by atoms with Gasteiger partial charge < -0.3 is 8.97 Å². The van der Waals surface area contributed by atoms with Gasteiger partial charge in [-0.2, -0.15) is 0 Å². The van der Waals surface area contributed by atoms with Crippen molar-refractivity contribution in [3.8, 4) is 0 Å². The third kappa shape index (κ3) is 3.93. The molecule has 1 fully saturated rings. The quantitative estimate of drug-likeness (QED) is 0.569. The molecule has 0 bridgehead atoms. The summed E-state index contributed by atoms with van der Waals surface area (Å²) in [4.78, 5) is 11.3. The fourth-order valence-corrected chi connectivity index (χ4v) is 17.1. The van der Waals surface area contributed by atoms with Crippen LogP contribution in [0.1, 0.15) is 19.8 Å². The lowest BCUT2D eigenvalue weighted by atomic mass is 10.3. The number of hydrogen-bond donors (Lipinski definition) is 0. The van der Waals surface area contributed by atoms with E-state index in [0.717, 1.165) is 13.0 Å². The molecular formula is C12H27NO2Si2. The molecule has 1 aliphatic heterocycles. The number of ether oxygens (including phenoxy) is 1. The van der Waals surface area contributed by atoms with Crippen LogP contribution in [-0.2, 0) is 9.53 Å². The van der Waals surface area contributed by atoms with Gasteiger partial charge in [0.15, 0.2) is 0 Å². The molecule has 0 N–H and O–H groups in total. The van der Waals surface area contributed by atoms with Gasteiger partial charge in [-0.3, -0.25) is 4.79 Å². The molecule has 0 aromatic carbocycles. The third-order valence-electron chi connectivity index (χ3n) is 3.88. The van der Waals surface area contributed by atoms with E-state index in [9.17, 15) is 4.79 Å². The minimum atomic E-state index is -1.15. The smallest absolute Gasteiger partial charge is 0.305 e. The Morgan fingerprint density at radius 3 is 2.18 bits per heavy atom. The number of nitrogens with zero attached hydrogens (tertiary/aromatic N) is 1. The summed E-state index contributed by atoms with van der Waals surface area (Å²) < 4.78 is 7.79. The van der Waals surface area contributed by atoms with E-state index in [1.807, 2.05) is 6.92 Å². The molecule has 0 radical (unpaired) electrons. The Labute approximate surface area is 108 Å². The number of carbonyl (C=O) groups is 1. The number of rotatable bonds is 5. The largest absolute Gasteiger partial charge is 0.466 e. The summed E-state index contributed by atoms with van der Waals surface area (Å²) in [6.07, 6.45) is 1.55. The summed E-state index contributed by atoms with van der Waals surface area (Å²) in [6, 6.07) is 2.87. The molecule has 100 valence electrons. The van der Waals surface area contributed by atoms with E-state index in [2.05, 4.69) is 30.4 Å². The second kappa shape index (κ2) is 5.67. The molecule has 1 saturated heterocycles. The van der Waals surface area contributed by atoms with Gasteiger partial charge >= 0.3 is 5.97 Å². The van der Waals surface area contributed by atoms with Gasteiger partial charge in [-0.1, -0.05) is 26.2 Å². The second-order valence-corrected chi connectivity index (χ2v) is 16.0. The Kier molecular flexibility index (Phi) is 4.98. The van der Waals surface area contributed by atoms with Crippen LogP contribution in [0.3, 0.4) is 0 Å². The van der Waals surface area contributed by atoms with Crippen molar-refractivity contribution in [2.45, 2.75) is 58.0 Å². The standard InChI is InChI=1S/C12H27NO2Si2/c1-6-15-12(14)8-7-9-13-16(2,3)10-11-17(13,4)5/h6-11H2,1-5H3. The zero-order valence-corrected chi connectivity index (χ0v) is 14.0. The normalized spacial score (nSPS) is 22.6. The van der Waals surface area contributed by atoms with Crippen LogP contribution in [0.15, 0.2) is 0 Å². The Morgan fingerprint density at radius 2 is 1.71 bits per heavy atom. The topological polar surface area (TPSA) is 29.5 Å². The molecule has 0 unspecified atom stereocenters. The van der Waals surface area contributed by atoms with Crippen molar-refractivity contribution in [3.63, 3.8) is 0 Å². The maximum atomic E-state index is 11.3. The maximum Gasteiger partial charge on any atom is 0.305 e. The van der Waals surface area contributed by atoms with Crippen molar-refractivity contribution in [3.05, 3.63) is 0 Å². The Hall–Kier alpha value is -0.136. The number of hydrogen-bond acceptors (Lipinski definition) is 3. The zero-order valence-electron chi connectivity index (χ0n) is 12.0. The van der Waals surface area contributed by atoms with Gasteiger partial charge in [-0.05, 0) is 32.0 Å². The number of carbonyl (C=O) groups excluding carboxylic acids is 1. The van der Waals surface area contributed by atoms with E-state index in [0.29, 0.717) is 13.0 Å². The summed E-state index contributed by atoms with van der Waals surface area (Å²) in [6.45, 7) is 13.4. The highest BCUT2D eigenvalue weighted by molar-refractivity contribution is 6.95. The van der Waals surface area contributed by atoms with Crippen molar-refractivity contribution < 1.29 is 9.53 Å². The molecule has 0 atom stereocenters. The second-order valence-electron chi connectivity index (χ2n) is 6.19. The maximum absolute atomic E-state index is 11.3. The summed E-state index contributed by atoms with van der Waals surface area (Å²) in [7, 11) is -2.31. The molecule has 0 aromatic heterocycles. The first-order chi connectivity index (χ1) is 7.79. The van der Waals surface area contributed by atoms with Crippen LogP contribution < -0.4 is 0 Å². The van der Waals surface area contributed by atoms with Gasteiger partial charge in [0.1, 0.15) is 16.5 Å². The van der Waals surface area contributed by atoms with Crippen LogP contribution >= 0.6 is 0 Å². The highest BCUT2D eigenvalue weighted by Crippen LogP contribution is 2.36. The minimum absolute atomic E-state index is 0.0364. The molecule has 1 aliphatic rings. The number of esters is 1. The van der Waals surface area contributed by atoms with Gasteiger partial charge in [0.05, 0.1) is 6.61 Å². The summed E-state index contributed by atoms with van der Waals surface area (Å²) in [5.41, 5.74) is 0. The first-order valence-electron chi connectivity index (χ1n) is 6.73. The van der Waals surface area contributed by atoms with E-state index >= 15 is 0 Å². The highest BCUT2D eigenvalue weighted by atomic mass is 28.4. The third-order valence-corrected chi connectivity index (χ3v) is 14.3. The SMILES string of the molecule is CCOC(=O)CCCN1[Si](C)(C)CC[Si]1(C)C. The molecule has 5 heteroatoms. The average molecular weight is 274 g/mol. The van der Waals surface area contributed by atoms with Gasteiger partial charge in [0.2, 0.25) is 0 Å². The fourth-order valence-electron chi connectivity index (χ4n) is 2.92. The monoisotopic (exact) mass is 273 g/mol. The van der Waals surface area contributed by atoms with Gasteiger partial charge in [0.25, 0.3) is 0 Å². The van der Waals surface area contributed by atoms with E-state index < -0.39 is 16.5 Å². The van der Waals surface area contributed by atoms with Crippen LogP contribution in [0.2, 0.25) is 38.3 Å². The molecular weight excluding hydrogens is 246 g/mol. The lowest BCUT2D eigenvalue weighted by Crippen LogP contribution is -2.55. The zero-order chi connectivity index (χ0) is 13.1. The first kappa shape index (κ1) is 14.9. The lowest BCUT2D eigenvalue weighted by molar-refractivity contribution is -0.143. The molecule has 0 saturated carbocycles. The minimum Gasteiger partial charge on any atom is -0.466 e. The van der Waals surface area contributed by atoms with Crippen LogP contribution in [0.25, 0.3) is 0 Å². The van der Waals surface area contributed by atoms with E-state index in [1.165, 1.54) is 12.1 Å². The highest BCUT2D eigenvalue weighted by Gasteiger charge is 2.46. The van der Waals surface area contributed by atoms with Gasteiger partial charge in [-0.15, -0.1) is 0 Å². The summed E-state index contributed by atoms with van der Waals surface area (Å²) in [5.74, 6) is -0.0364. The first-order valence-corrected chi connectivity index (χ1v) is 13.0. The fraction of sp³-hybridized carbons (Fsp3) is 0.917. The van der Waals surface area contributed by atoms with Crippen molar-refractivity contribution in [2.75, 3.05) is 13.2 Å². The molecule has 1 heterocycles. The molecule has 0 spiro atoms. The van der Waals surface area contributed by atoms with Crippen molar-refractivity contribution >= 4 is 22.4 Å². The van der Waals surface area contributed by atoms with E-state index in [-0.39, 0.29) is 5.97 Å². The molecule has 3 nitrogen and oxygen atoms in total. The van der Waals surface area contributed by atoms with Crippen LogP contribution in [0.5, 0.6) is 0 Å². The molecule has 0 aliphatic carbocycles. The van der Waals surface area contributed by atoms with Crippen LogP contribution in [-0.4, -0.2) is 39.8 Å². The van der Waals surface area contributed by atoms with Crippen molar-refractivity contribution in [1.29, 1.82) is 0 Å². The predicted octanol–water partition coefficient (Wildman–Crippen LogP) is 3.06. The lowest BCUT2D eigenvalue weighted by Gasteiger charge is -2.38. The Morgan fingerprint density at radius 1 is 1.18 bits per heavy atom. The van der Waals surface area contributed by atoms with Crippen molar-refractivity contribution in [1.82, 2.24) is 4.23 Å². The molecule has 1 rings (SSSR count). The summed E-state index contributed by atoms with van der Waals surface area (Å²) >= 11 is 0. The van der Waals surface area contributed by atoms with Gasteiger partial charge in [-0.25, -0.2) is 0 Å². The Bertz CT molecular complexity index is 264. The van der Waals surface area contributed by atoms with E-state index in [4.69, 9.17) is 4.74 Å². The van der Waals surface area contributed by atoms with Gasteiger partial charge in [0, 0.05) is 6.42 Å². The van der Waals surface area contributed by atoms with Crippen LogP contribution in [0.4, 0.5) is 0 Å².